The second-order valence-electron chi connectivity index (χ2n) is 8.27. The third kappa shape index (κ3) is 9.23. The molecule has 1 fully saturated rings. The summed E-state index contributed by atoms with van der Waals surface area (Å²) >= 11 is 0. The fraction of sp³-hybridized carbons (Fsp3) is 1.00. The average Bonchev–Trinajstić information content (AvgIpc) is 2.20. The van der Waals surface area contributed by atoms with Crippen LogP contribution in [0.4, 0.5) is 0 Å². The van der Waals surface area contributed by atoms with Crippen LogP contribution in [0.25, 0.3) is 0 Å². The van der Waals surface area contributed by atoms with Crippen molar-refractivity contribution in [1.82, 2.24) is 0 Å². The Hall–Kier alpha value is 0.884. The zero-order valence-electron chi connectivity index (χ0n) is 16.4. The second kappa shape index (κ2) is 8.06. The summed E-state index contributed by atoms with van der Waals surface area (Å²) in [7, 11) is -10.0. The molecule has 10 heteroatoms. The highest BCUT2D eigenvalue weighted by atomic mass is 28.5. The molecule has 5 nitrogen and oxygen atoms in total. The van der Waals surface area contributed by atoms with E-state index in [2.05, 4.69) is 58.9 Å². The van der Waals surface area contributed by atoms with Crippen molar-refractivity contribution in [2.45, 2.75) is 77.8 Å². The van der Waals surface area contributed by atoms with Gasteiger partial charge in [-0.15, -0.1) is 0 Å². The van der Waals surface area contributed by atoms with E-state index in [1.807, 2.05) is 0 Å². The minimum absolute atomic E-state index is 0.776. The van der Waals surface area contributed by atoms with Crippen LogP contribution in [0, 0.1) is 0 Å². The first-order valence-corrected chi connectivity index (χ1v) is 22.3. The highest BCUT2D eigenvalue weighted by Gasteiger charge is 2.43. The van der Waals surface area contributed by atoms with E-state index in [1.165, 1.54) is 0 Å². The van der Waals surface area contributed by atoms with Gasteiger partial charge in [-0.1, -0.05) is 6.42 Å². The van der Waals surface area contributed by atoms with Gasteiger partial charge in [-0.05, 0) is 71.4 Å². The standard InChI is InChI=1S/C13H36O5Si5/c1-19-15-20(2,3)13-11-10-12-14-21(4,5)17-23(8,9)18-22(6,7)16-19/h19H,10-13H2,1-9H3. The maximum atomic E-state index is 6.40. The highest BCUT2D eigenvalue weighted by Crippen LogP contribution is 2.25. The van der Waals surface area contributed by atoms with Crippen LogP contribution in [0.3, 0.4) is 0 Å². The fourth-order valence-electron chi connectivity index (χ4n) is 3.16. The van der Waals surface area contributed by atoms with E-state index in [4.69, 9.17) is 20.9 Å². The molecule has 1 heterocycles. The Morgan fingerprint density at radius 1 is 0.696 bits per heavy atom. The van der Waals surface area contributed by atoms with Crippen LogP contribution in [-0.2, 0) is 20.9 Å². The Morgan fingerprint density at radius 2 is 1.26 bits per heavy atom. The first-order valence-electron chi connectivity index (χ1n) is 8.62. The molecule has 1 atom stereocenters. The second-order valence-corrected chi connectivity index (χ2v) is 25.6. The van der Waals surface area contributed by atoms with E-state index < -0.39 is 43.3 Å². The topological polar surface area (TPSA) is 46.2 Å². The Bertz CT molecular complexity index is 389. The highest BCUT2D eigenvalue weighted by molar-refractivity contribution is 6.86. The van der Waals surface area contributed by atoms with Crippen LogP contribution in [0.2, 0.25) is 65.0 Å². The van der Waals surface area contributed by atoms with E-state index in [0.717, 1.165) is 25.5 Å². The van der Waals surface area contributed by atoms with Crippen molar-refractivity contribution < 1.29 is 20.9 Å². The Kier molecular flexibility index (Phi) is 7.68. The lowest BCUT2D eigenvalue weighted by Crippen LogP contribution is -2.56. The Balaban J connectivity index is 2.89. The summed E-state index contributed by atoms with van der Waals surface area (Å²) in [5.41, 5.74) is 0. The van der Waals surface area contributed by atoms with Gasteiger partial charge in [0.1, 0.15) is 0 Å². The molecule has 0 saturated carbocycles. The maximum Gasteiger partial charge on any atom is 0.322 e. The molecule has 0 spiro atoms. The molecule has 1 aliphatic rings. The maximum absolute atomic E-state index is 6.40. The molecule has 0 aromatic rings. The zero-order chi connectivity index (χ0) is 17.9. The van der Waals surface area contributed by atoms with E-state index in [9.17, 15) is 0 Å². The summed E-state index contributed by atoms with van der Waals surface area (Å²) in [4.78, 5) is 0. The lowest BCUT2D eigenvalue weighted by molar-refractivity contribution is 0.218. The van der Waals surface area contributed by atoms with Gasteiger partial charge >= 0.3 is 25.7 Å². The summed E-state index contributed by atoms with van der Waals surface area (Å²) in [6, 6.07) is 1.16. The lowest BCUT2D eigenvalue weighted by atomic mass is 10.4. The summed E-state index contributed by atoms with van der Waals surface area (Å²) in [6.45, 7) is 20.1. The molecular formula is C13H36O5Si5. The van der Waals surface area contributed by atoms with Crippen LogP contribution in [0.1, 0.15) is 12.8 Å². The molecule has 0 aromatic carbocycles. The Morgan fingerprint density at radius 3 is 1.87 bits per heavy atom. The quantitative estimate of drug-likeness (QED) is 0.562. The Labute approximate surface area is 148 Å². The third-order valence-corrected chi connectivity index (χ3v) is 21.3. The smallest absolute Gasteiger partial charge is 0.322 e. The molecule has 1 saturated heterocycles. The normalized spacial score (nSPS) is 32.0. The van der Waals surface area contributed by atoms with Gasteiger partial charge in [0.05, 0.1) is 0 Å². The molecule has 23 heavy (non-hydrogen) atoms. The zero-order valence-corrected chi connectivity index (χ0v) is 21.6. The van der Waals surface area contributed by atoms with E-state index in [0.29, 0.717) is 0 Å². The van der Waals surface area contributed by atoms with E-state index in [-0.39, 0.29) is 0 Å². The molecule has 1 rings (SSSR count). The number of hydrogen-bond acceptors (Lipinski definition) is 5. The fourth-order valence-corrected chi connectivity index (χ4v) is 23.7. The first-order chi connectivity index (χ1) is 10.2. The van der Waals surface area contributed by atoms with Crippen molar-refractivity contribution in [2.24, 2.45) is 0 Å². The molecule has 0 aliphatic carbocycles. The van der Waals surface area contributed by atoms with Crippen LogP contribution in [-0.4, -0.2) is 49.9 Å². The van der Waals surface area contributed by atoms with Gasteiger partial charge in [0, 0.05) is 6.61 Å². The third-order valence-electron chi connectivity index (χ3n) is 3.54. The number of rotatable bonds is 0. The van der Waals surface area contributed by atoms with Crippen molar-refractivity contribution in [3.8, 4) is 0 Å². The van der Waals surface area contributed by atoms with E-state index in [1.54, 1.807) is 0 Å². The summed E-state index contributed by atoms with van der Waals surface area (Å²) in [5.74, 6) is 0. The van der Waals surface area contributed by atoms with Gasteiger partial charge in [-0.25, -0.2) is 0 Å². The van der Waals surface area contributed by atoms with Crippen molar-refractivity contribution in [1.29, 1.82) is 0 Å². The molecule has 0 bridgehead atoms. The van der Waals surface area contributed by atoms with E-state index >= 15 is 0 Å². The van der Waals surface area contributed by atoms with Gasteiger partial charge < -0.3 is 20.9 Å². The molecular weight excluding hydrogens is 377 g/mol. The van der Waals surface area contributed by atoms with Crippen molar-refractivity contribution >= 4 is 43.3 Å². The van der Waals surface area contributed by atoms with Crippen LogP contribution in [0.15, 0.2) is 0 Å². The van der Waals surface area contributed by atoms with Crippen molar-refractivity contribution in [3.05, 3.63) is 0 Å². The molecule has 1 unspecified atom stereocenters. The summed E-state index contributed by atoms with van der Waals surface area (Å²) < 4.78 is 31.6. The predicted octanol–water partition coefficient (Wildman–Crippen LogP) is 4.02. The van der Waals surface area contributed by atoms with Gasteiger partial charge in [0.25, 0.3) is 9.28 Å². The van der Waals surface area contributed by atoms with Gasteiger partial charge in [-0.2, -0.15) is 0 Å². The van der Waals surface area contributed by atoms with Gasteiger partial charge in [0.2, 0.25) is 0 Å². The lowest BCUT2D eigenvalue weighted by Gasteiger charge is -2.39. The molecule has 0 amide bonds. The van der Waals surface area contributed by atoms with Gasteiger partial charge in [0.15, 0.2) is 8.32 Å². The molecule has 0 aromatic heterocycles. The van der Waals surface area contributed by atoms with Crippen molar-refractivity contribution in [3.63, 3.8) is 0 Å². The summed E-state index contributed by atoms with van der Waals surface area (Å²) in [6.07, 6.45) is 2.22. The predicted molar refractivity (Wildman–Crippen MR) is 107 cm³/mol. The van der Waals surface area contributed by atoms with Crippen molar-refractivity contribution in [2.75, 3.05) is 6.61 Å². The molecule has 0 N–H and O–H groups in total. The SMILES string of the molecule is C[SiH]1O[Si](C)(C)CCCCO[Si](C)(C)O[Si](C)(C)O[Si](C)(C)O1. The monoisotopic (exact) mass is 412 g/mol. The van der Waals surface area contributed by atoms with Crippen LogP contribution < -0.4 is 0 Å². The first kappa shape index (κ1) is 21.9. The molecule has 0 radical (unpaired) electrons. The number of hydrogen-bond donors (Lipinski definition) is 0. The minimum atomic E-state index is -2.28. The van der Waals surface area contributed by atoms with Gasteiger partial charge in [-0.3, -0.25) is 0 Å². The molecule has 1 aliphatic heterocycles. The minimum Gasteiger partial charge on any atom is -0.439 e. The van der Waals surface area contributed by atoms with Crippen LogP contribution >= 0.6 is 0 Å². The summed E-state index contributed by atoms with van der Waals surface area (Å²) in [5, 5.41) is 0. The molecule has 138 valence electrons. The average molecular weight is 413 g/mol. The van der Waals surface area contributed by atoms with Crippen LogP contribution in [0.5, 0.6) is 0 Å². The largest absolute Gasteiger partial charge is 0.439 e.